The number of benzene rings is 1. The molecule has 0 aliphatic carbocycles. The molecule has 3 heterocycles. The summed E-state index contributed by atoms with van der Waals surface area (Å²) in [5, 5.41) is 3.03. The smallest absolute Gasteiger partial charge is 0.245 e. The van der Waals surface area contributed by atoms with Crippen molar-refractivity contribution in [2.45, 2.75) is 49.6 Å². The molecule has 148 valence electrons. The van der Waals surface area contributed by atoms with Crippen LogP contribution in [0.2, 0.25) is 0 Å². The zero-order valence-corrected chi connectivity index (χ0v) is 16.1. The van der Waals surface area contributed by atoms with Gasteiger partial charge >= 0.3 is 0 Å². The predicted molar refractivity (Wildman–Crippen MR) is 105 cm³/mol. The summed E-state index contributed by atoms with van der Waals surface area (Å²) >= 11 is 0. The molecule has 4 rings (SSSR count). The van der Waals surface area contributed by atoms with Gasteiger partial charge in [0.05, 0.1) is 11.5 Å². The molecule has 3 fully saturated rings. The second-order valence-electron chi connectivity index (χ2n) is 8.06. The van der Waals surface area contributed by atoms with Crippen LogP contribution in [0.3, 0.4) is 0 Å². The van der Waals surface area contributed by atoms with Crippen LogP contribution in [0.1, 0.15) is 37.7 Å². The first-order valence-corrected chi connectivity index (χ1v) is 10.1. The van der Waals surface area contributed by atoms with Crippen LogP contribution < -0.4 is 5.32 Å². The summed E-state index contributed by atoms with van der Waals surface area (Å²) in [5.41, 5.74) is 0.359. The fraction of sp³-hybridized carbons (Fsp3) is 0.500. The van der Waals surface area contributed by atoms with Crippen LogP contribution in [0.25, 0.3) is 0 Å². The number of nitrogens with one attached hydrogen (secondary N) is 1. The number of amides is 3. The third-order valence-electron chi connectivity index (χ3n) is 6.62. The van der Waals surface area contributed by atoms with Crippen LogP contribution in [0.4, 0.5) is 0 Å². The van der Waals surface area contributed by atoms with Gasteiger partial charge in [-0.25, -0.2) is 0 Å². The van der Waals surface area contributed by atoms with E-state index in [1.54, 1.807) is 4.90 Å². The number of piperidine rings is 2. The SMILES string of the molecule is C=CC(=O)N1CCC(C(=O)N2CCC[C@@H]3NC(=O)C[C@@H]32)(c2ccccc2)CC1. The molecule has 0 aromatic heterocycles. The normalized spacial score (nSPS) is 26.4. The fourth-order valence-corrected chi connectivity index (χ4v) is 5.08. The lowest BCUT2D eigenvalue weighted by atomic mass is 9.71. The Morgan fingerprint density at radius 3 is 2.54 bits per heavy atom. The molecule has 3 saturated heterocycles. The summed E-state index contributed by atoms with van der Waals surface area (Å²) in [7, 11) is 0. The second-order valence-corrected chi connectivity index (χ2v) is 8.06. The Morgan fingerprint density at radius 2 is 1.86 bits per heavy atom. The molecule has 3 amide bonds. The van der Waals surface area contributed by atoms with E-state index in [9.17, 15) is 14.4 Å². The summed E-state index contributed by atoms with van der Waals surface area (Å²) < 4.78 is 0. The Balaban J connectivity index is 1.65. The highest BCUT2D eigenvalue weighted by Crippen LogP contribution is 2.40. The van der Waals surface area contributed by atoms with E-state index in [1.807, 2.05) is 35.2 Å². The van der Waals surface area contributed by atoms with Crippen molar-refractivity contribution >= 4 is 17.7 Å². The average Bonchev–Trinajstić information content (AvgIpc) is 3.13. The number of nitrogens with zero attached hydrogens (tertiary/aromatic N) is 2. The minimum absolute atomic E-state index is 0.0369. The minimum Gasteiger partial charge on any atom is -0.351 e. The van der Waals surface area contributed by atoms with Crippen LogP contribution in [0, 0.1) is 0 Å². The Labute approximate surface area is 165 Å². The molecule has 6 nitrogen and oxygen atoms in total. The van der Waals surface area contributed by atoms with Crippen molar-refractivity contribution in [3.05, 3.63) is 48.6 Å². The zero-order valence-electron chi connectivity index (χ0n) is 16.1. The third kappa shape index (κ3) is 3.11. The molecule has 3 aliphatic heterocycles. The quantitative estimate of drug-likeness (QED) is 0.809. The highest BCUT2D eigenvalue weighted by molar-refractivity contribution is 5.91. The molecule has 1 aromatic rings. The van der Waals surface area contributed by atoms with Gasteiger partial charge in [-0.2, -0.15) is 0 Å². The minimum atomic E-state index is -0.646. The average molecular weight is 381 g/mol. The topological polar surface area (TPSA) is 69.7 Å². The molecule has 2 atom stereocenters. The Morgan fingerprint density at radius 1 is 1.14 bits per heavy atom. The predicted octanol–water partition coefficient (Wildman–Crippen LogP) is 1.61. The van der Waals surface area contributed by atoms with Gasteiger partial charge < -0.3 is 15.1 Å². The van der Waals surface area contributed by atoms with E-state index in [2.05, 4.69) is 11.9 Å². The van der Waals surface area contributed by atoms with E-state index in [0.29, 0.717) is 38.9 Å². The first kappa shape index (κ1) is 18.7. The van der Waals surface area contributed by atoms with Gasteiger partial charge in [0.2, 0.25) is 17.7 Å². The number of carbonyl (C=O) groups excluding carboxylic acids is 3. The van der Waals surface area contributed by atoms with E-state index in [0.717, 1.165) is 18.4 Å². The van der Waals surface area contributed by atoms with Crippen molar-refractivity contribution in [2.75, 3.05) is 19.6 Å². The van der Waals surface area contributed by atoms with E-state index >= 15 is 0 Å². The Bertz CT molecular complexity index is 783. The lowest BCUT2D eigenvalue weighted by Crippen LogP contribution is -2.59. The molecule has 6 heteroatoms. The number of likely N-dealkylation sites (tertiary alicyclic amines) is 2. The largest absolute Gasteiger partial charge is 0.351 e. The molecule has 3 aliphatic rings. The van der Waals surface area contributed by atoms with Gasteiger partial charge in [0.15, 0.2) is 0 Å². The van der Waals surface area contributed by atoms with Crippen molar-refractivity contribution in [3.8, 4) is 0 Å². The number of hydrogen-bond donors (Lipinski definition) is 1. The molecular formula is C22H27N3O3. The number of carbonyl (C=O) groups is 3. The van der Waals surface area contributed by atoms with Gasteiger partial charge in [0.1, 0.15) is 0 Å². The maximum atomic E-state index is 13.9. The maximum absolute atomic E-state index is 13.9. The summed E-state index contributed by atoms with van der Waals surface area (Å²) in [5.74, 6) is 0.0585. The molecule has 0 radical (unpaired) electrons. The van der Waals surface area contributed by atoms with Gasteiger partial charge in [-0.3, -0.25) is 14.4 Å². The van der Waals surface area contributed by atoms with Gasteiger partial charge in [-0.15, -0.1) is 0 Å². The Hall–Kier alpha value is -2.63. The molecule has 0 unspecified atom stereocenters. The first-order valence-electron chi connectivity index (χ1n) is 10.1. The highest BCUT2D eigenvalue weighted by atomic mass is 16.2. The number of fused-ring (bicyclic) bond motifs is 1. The lowest BCUT2D eigenvalue weighted by molar-refractivity contribution is -0.145. The van der Waals surface area contributed by atoms with Crippen molar-refractivity contribution < 1.29 is 14.4 Å². The van der Waals surface area contributed by atoms with E-state index in [4.69, 9.17) is 0 Å². The van der Waals surface area contributed by atoms with Gasteiger partial charge in [0.25, 0.3) is 0 Å². The van der Waals surface area contributed by atoms with E-state index < -0.39 is 5.41 Å². The number of hydrogen-bond acceptors (Lipinski definition) is 3. The van der Waals surface area contributed by atoms with Gasteiger partial charge in [-0.1, -0.05) is 36.9 Å². The van der Waals surface area contributed by atoms with E-state index in [-0.39, 0.29) is 29.8 Å². The van der Waals surface area contributed by atoms with Crippen LogP contribution in [0.5, 0.6) is 0 Å². The molecular weight excluding hydrogens is 354 g/mol. The van der Waals surface area contributed by atoms with E-state index in [1.165, 1.54) is 6.08 Å². The summed E-state index contributed by atoms with van der Waals surface area (Å²) in [6.45, 7) is 5.33. The van der Waals surface area contributed by atoms with Crippen LogP contribution in [0.15, 0.2) is 43.0 Å². The van der Waals surface area contributed by atoms with Crippen molar-refractivity contribution in [1.82, 2.24) is 15.1 Å². The molecule has 1 aromatic carbocycles. The van der Waals surface area contributed by atoms with Crippen molar-refractivity contribution in [3.63, 3.8) is 0 Å². The Kier molecular flexibility index (Phi) is 4.96. The monoisotopic (exact) mass is 381 g/mol. The third-order valence-corrected chi connectivity index (χ3v) is 6.62. The van der Waals surface area contributed by atoms with Gasteiger partial charge in [0, 0.05) is 32.1 Å². The van der Waals surface area contributed by atoms with Crippen LogP contribution in [-0.2, 0) is 19.8 Å². The molecule has 1 N–H and O–H groups in total. The summed E-state index contributed by atoms with van der Waals surface area (Å²) in [4.78, 5) is 41.6. The highest BCUT2D eigenvalue weighted by Gasteiger charge is 2.50. The second kappa shape index (κ2) is 7.41. The summed E-state index contributed by atoms with van der Waals surface area (Å²) in [6, 6.07) is 9.93. The summed E-state index contributed by atoms with van der Waals surface area (Å²) in [6.07, 6.45) is 4.74. The van der Waals surface area contributed by atoms with Crippen molar-refractivity contribution in [2.24, 2.45) is 0 Å². The fourth-order valence-electron chi connectivity index (χ4n) is 5.08. The zero-order chi connectivity index (χ0) is 19.7. The standard InChI is InChI=1S/C22H27N3O3/c1-2-20(27)24-13-10-22(11-14-24,16-7-4-3-5-8-16)21(28)25-12-6-9-17-18(25)15-19(26)23-17/h2-5,7-8,17-18H,1,6,9-15H2,(H,23,26)/t17-,18-/m0/s1. The van der Waals surface area contributed by atoms with Crippen LogP contribution in [-0.4, -0.2) is 59.2 Å². The van der Waals surface area contributed by atoms with Crippen molar-refractivity contribution in [1.29, 1.82) is 0 Å². The molecule has 0 bridgehead atoms. The number of rotatable bonds is 3. The maximum Gasteiger partial charge on any atom is 0.245 e. The molecule has 0 spiro atoms. The molecule has 28 heavy (non-hydrogen) atoms. The first-order chi connectivity index (χ1) is 13.5. The lowest BCUT2D eigenvalue weighted by Gasteiger charge is -2.46. The molecule has 0 saturated carbocycles. The van der Waals surface area contributed by atoms with Crippen LogP contribution >= 0.6 is 0 Å². The van der Waals surface area contributed by atoms with Gasteiger partial charge in [-0.05, 0) is 37.3 Å².